The molecule has 1 aromatic carbocycles. The largest absolute Gasteiger partial charge is 0.480 e. The van der Waals surface area contributed by atoms with E-state index in [0.717, 1.165) is 18.2 Å². The molecule has 2 saturated heterocycles. The van der Waals surface area contributed by atoms with E-state index >= 15 is 0 Å². The molecule has 3 atom stereocenters. The average Bonchev–Trinajstić information content (AvgIpc) is 3.65. The van der Waals surface area contributed by atoms with Crippen molar-refractivity contribution in [3.05, 3.63) is 63.3 Å². The zero-order valence-electron chi connectivity index (χ0n) is 24.6. The molecule has 2 aliphatic heterocycles. The number of piperidine rings is 1. The van der Waals surface area contributed by atoms with Crippen LogP contribution in [0.25, 0.3) is 22.1 Å². The molecular formula is C32H36ClN5O6. The standard InChI is InChI=1S/C32H36ClN5O6/c1-19-17-37(13-11-21(19)23-15-20(33)16-34-31(23)40)27(39)18-43-14-5-4-10-26-35-28-22-7-2-3-9-25(22)44-29(28)30(36-26)38-12-6-8-24(38)32(41)42/h2-3,7,9,15-16,19,21,24H,4-6,8,10-14,17-18H2,1H3,(H,34,40)(H,41,42)/t19-,21?,24-/m0/s1. The van der Waals surface area contributed by atoms with Crippen molar-refractivity contribution in [1.29, 1.82) is 0 Å². The van der Waals surface area contributed by atoms with Gasteiger partial charge < -0.3 is 29.0 Å². The lowest BCUT2D eigenvalue weighted by Gasteiger charge is -2.36. The number of furan rings is 1. The molecule has 0 radical (unpaired) electrons. The van der Waals surface area contributed by atoms with Crippen molar-refractivity contribution >= 4 is 51.4 Å². The fourth-order valence-electron chi connectivity index (χ4n) is 6.53. The predicted molar refractivity (Wildman–Crippen MR) is 166 cm³/mol. The van der Waals surface area contributed by atoms with E-state index < -0.39 is 12.0 Å². The van der Waals surface area contributed by atoms with Crippen molar-refractivity contribution in [2.75, 3.05) is 37.7 Å². The summed E-state index contributed by atoms with van der Waals surface area (Å²) in [7, 11) is 0. The zero-order valence-corrected chi connectivity index (χ0v) is 25.4. The number of H-pyrrole nitrogens is 1. The Hall–Kier alpha value is -3.96. The summed E-state index contributed by atoms with van der Waals surface area (Å²) in [6.07, 6.45) is 5.56. The number of carboxylic acid groups (broad SMARTS) is 1. The molecule has 1 amide bonds. The summed E-state index contributed by atoms with van der Waals surface area (Å²) < 4.78 is 11.9. The molecule has 0 bridgehead atoms. The second-order valence-electron chi connectivity index (χ2n) is 11.8. The Morgan fingerprint density at radius 3 is 2.84 bits per heavy atom. The Bertz CT molecular complexity index is 1740. The molecule has 44 heavy (non-hydrogen) atoms. The van der Waals surface area contributed by atoms with E-state index in [1.54, 1.807) is 6.07 Å². The van der Waals surface area contributed by atoms with Crippen LogP contribution in [0, 0.1) is 5.92 Å². The molecule has 3 aromatic heterocycles. The van der Waals surface area contributed by atoms with E-state index in [1.807, 2.05) is 41.0 Å². The zero-order chi connectivity index (χ0) is 30.8. The number of ether oxygens (including phenoxy) is 1. The first-order valence-electron chi connectivity index (χ1n) is 15.2. The predicted octanol–water partition coefficient (Wildman–Crippen LogP) is 4.76. The van der Waals surface area contributed by atoms with Crippen LogP contribution < -0.4 is 10.5 Å². The fourth-order valence-corrected chi connectivity index (χ4v) is 6.70. The highest BCUT2D eigenvalue weighted by molar-refractivity contribution is 6.30. The van der Waals surface area contributed by atoms with Gasteiger partial charge in [-0.15, -0.1) is 0 Å². The first-order valence-corrected chi connectivity index (χ1v) is 15.6. The van der Waals surface area contributed by atoms with Gasteiger partial charge >= 0.3 is 5.97 Å². The number of carbonyl (C=O) groups excluding carboxylic acids is 1. The molecule has 11 nitrogen and oxygen atoms in total. The number of nitrogens with one attached hydrogen (secondary N) is 1. The van der Waals surface area contributed by atoms with Crippen molar-refractivity contribution in [2.45, 2.75) is 57.4 Å². The third-order valence-corrected chi connectivity index (χ3v) is 9.00. The molecule has 2 aliphatic rings. The van der Waals surface area contributed by atoms with Crippen molar-refractivity contribution in [1.82, 2.24) is 19.9 Å². The molecule has 6 rings (SSSR count). The number of fused-ring (bicyclic) bond motifs is 3. The summed E-state index contributed by atoms with van der Waals surface area (Å²) in [5, 5.41) is 11.2. The van der Waals surface area contributed by atoms with Crippen molar-refractivity contribution in [3.63, 3.8) is 0 Å². The number of para-hydroxylation sites is 1. The number of likely N-dealkylation sites (tertiary alicyclic amines) is 1. The van der Waals surface area contributed by atoms with Crippen LogP contribution >= 0.6 is 11.6 Å². The van der Waals surface area contributed by atoms with Crippen LogP contribution in [0.2, 0.25) is 5.02 Å². The number of nitrogens with zero attached hydrogens (tertiary/aromatic N) is 4. The van der Waals surface area contributed by atoms with Gasteiger partial charge in [0, 0.05) is 49.8 Å². The SMILES string of the molecule is C[C@H]1CN(C(=O)COCCCCc2nc(N3CCC[C@H]3C(=O)O)c3oc4ccccc4c3n2)CCC1c1cc(Cl)c[nH]c1=O. The highest BCUT2D eigenvalue weighted by atomic mass is 35.5. The van der Waals surface area contributed by atoms with E-state index in [2.05, 4.69) is 4.98 Å². The van der Waals surface area contributed by atoms with E-state index in [9.17, 15) is 19.5 Å². The first-order chi connectivity index (χ1) is 21.3. The molecule has 0 aliphatic carbocycles. The van der Waals surface area contributed by atoms with Crippen LogP contribution in [-0.4, -0.2) is 75.7 Å². The van der Waals surface area contributed by atoms with Crippen LogP contribution in [0.3, 0.4) is 0 Å². The number of aromatic nitrogens is 3. The van der Waals surface area contributed by atoms with Gasteiger partial charge in [0.1, 0.15) is 29.6 Å². The average molecular weight is 622 g/mol. The van der Waals surface area contributed by atoms with Gasteiger partial charge in [-0.25, -0.2) is 14.8 Å². The van der Waals surface area contributed by atoms with Crippen molar-refractivity contribution in [2.24, 2.45) is 5.92 Å². The van der Waals surface area contributed by atoms with Gasteiger partial charge in [-0.3, -0.25) is 9.59 Å². The first kappa shape index (κ1) is 30.1. The van der Waals surface area contributed by atoms with Crippen molar-refractivity contribution in [3.8, 4) is 0 Å². The second kappa shape index (κ2) is 13.0. The van der Waals surface area contributed by atoms with Crippen LogP contribution in [0.1, 0.15) is 56.3 Å². The molecule has 4 aromatic rings. The van der Waals surface area contributed by atoms with Gasteiger partial charge in [0.2, 0.25) is 5.91 Å². The Morgan fingerprint density at radius 1 is 1.18 bits per heavy atom. The molecule has 5 heterocycles. The number of benzene rings is 1. The molecule has 0 spiro atoms. The van der Waals surface area contributed by atoms with Crippen LogP contribution in [0.4, 0.5) is 5.82 Å². The topological polar surface area (TPSA) is 142 Å². The summed E-state index contributed by atoms with van der Waals surface area (Å²) in [5.74, 6) is 0.401. The highest BCUT2D eigenvalue weighted by Crippen LogP contribution is 2.36. The fraction of sp³-hybridized carbons (Fsp3) is 0.469. The van der Waals surface area contributed by atoms with Gasteiger partial charge in [-0.2, -0.15) is 0 Å². The summed E-state index contributed by atoms with van der Waals surface area (Å²) in [5.41, 5.74) is 2.44. The third-order valence-electron chi connectivity index (χ3n) is 8.78. The van der Waals surface area contributed by atoms with Gasteiger partial charge in [-0.1, -0.05) is 30.7 Å². The van der Waals surface area contributed by atoms with Crippen LogP contribution in [0.15, 0.2) is 45.7 Å². The lowest BCUT2D eigenvalue weighted by atomic mass is 9.82. The van der Waals surface area contributed by atoms with E-state index in [1.165, 1.54) is 6.20 Å². The Morgan fingerprint density at radius 2 is 2.02 bits per heavy atom. The number of aryl methyl sites for hydroxylation is 1. The second-order valence-corrected chi connectivity index (χ2v) is 12.2. The minimum absolute atomic E-state index is 0.00822. The maximum absolute atomic E-state index is 12.8. The lowest BCUT2D eigenvalue weighted by Crippen LogP contribution is -2.44. The number of unbranched alkanes of at least 4 members (excludes halogenated alkanes) is 1. The van der Waals surface area contributed by atoms with Gasteiger partial charge in [0.25, 0.3) is 5.56 Å². The normalized spacial score (nSPS) is 20.5. The summed E-state index contributed by atoms with van der Waals surface area (Å²) in [6.45, 7) is 4.20. The number of carboxylic acids is 1. The molecule has 12 heteroatoms. The van der Waals surface area contributed by atoms with E-state index in [-0.39, 0.29) is 29.9 Å². The minimum atomic E-state index is -0.867. The molecule has 0 saturated carbocycles. The molecule has 232 valence electrons. The van der Waals surface area contributed by atoms with Gasteiger partial charge in [-0.05, 0) is 62.1 Å². The number of hydrogen-bond acceptors (Lipinski definition) is 8. The number of amides is 1. The van der Waals surface area contributed by atoms with Crippen molar-refractivity contribution < 1.29 is 23.8 Å². The maximum Gasteiger partial charge on any atom is 0.326 e. The summed E-state index contributed by atoms with van der Waals surface area (Å²) in [6, 6.07) is 8.73. The highest BCUT2D eigenvalue weighted by Gasteiger charge is 2.34. The summed E-state index contributed by atoms with van der Waals surface area (Å²) >= 11 is 6.10. The maximum atomic E-state index is 12.8. The number of aliphatic carboxylic acids is 1. The number of carbonyl (C=O) groups is 2. The monoisotopic (exact) mass is 621 g/mol. The Balaban J connectivity index is 1.03. The Labute approximate surface area is 259 Å². The van der Waals surface area contributed by atoms with Crippen LogP contribution in [-0.2, 0) is 20.7 Å². The molecule has 2 fully saturated rings. The minimum Gasteiger partial charge on any atom is -0.480 e. The Kier molecular flexibility index (Phi) is 8.86. The number of halogens is 1. The van der Waals surface area contributed by atoms with Crippen LogP contribution in [0.5, 0.6) is 0 Å². The van der Waals surface area contributed by atoms with Gasteiger partial charge in [0.05, 0.1) is 5.02 Å². The number of anilines is 1. The lowest BCUT2D eigenvalue weighted by molar-refractivity contribution is -0.139. The quantitative estimate of drug-likeness (QED) is 0.240. The number of aromatic amines is 1. The summed E-state index contributed by atoms with van der Waals surface area (Å²) in [4.78, 5) is 53.0. The number of rotatable bonds is 10. The number of hydrogen-bond donors (Lipinski definition) is 2. The smallest absolute Gasteiger partial charge is 0.326 e. The van der Waals surface area contributed by atoms with E-state index in [4.69, 9.17) is 30.7 Å². The van der Waals surface area contributed by atoms with Gasteiger partial charge in [0.15, 0.2) is 11.4 Å². The molecule has 2 N–H and O–H groups in total. The molecule has 1 unspecified atom stereocenters. The number of pyridine rings is 1. The van der Waals surface area contributed by atoms with E-state index in [0.29, 0.717) is 90.8 Å². The third kappa shape index (κ3) is 6.16. The molecular weight excluding hydrogens is 586 g/mol.